The Kier molecular flexibility index (Phi) is 4.80. The van der Waals surface area contributed by atoms with E-state index in [9.17, 15) is 13.2 Å². The number of nitriles is 1. The van der Waals surface area contributed by atoms with Gasteiger partial charge in [-0.25, -0.2) is 13.2 Å². The maximum absolute atomic E-state index is 11.5. The summed E-state index contributed by atoms with van der Waals surface area (Å²) in [5, 5.41) is 11.6. The predicted molar refractivity (Wildman–Crippen MR) is 70.1 cm³/mol. The molecule has 1 heterocycles. The second kappa shape index (κ2) is 5.78. The zero-order valence-corrected chi connectivity index (χ0v) is 12.3. The first-order chi connectivity index (χ1) is 8.63. The highest BCUT2D eigenvalue weighted by Gasteiger charge is 2.33. The minimum atomic E-state index is -3.11. The van der Waals surface area contributed by atoms with E-state index < -0.39 is 27.4 Å². The Balaban J connectivity index is 2.50. The number of carbonyl (C=O) groups is 1. The summed E-state index contributed by atoms with van der Waals surface area (Å²) in [5.41, 5.74) is -0.575. The lowest BCUT2D eigenvalue weighted by Gasteiger charge is -2.27. The molecule has 0 aromatic heterocycles. The quantitative estimate of drug-likeness (QED) is 0.820. The van der Waals surface area contributed by atoms with Gasteiger partial charge < -0.3 is 10.1 Å². The molecule has 1 fully saturated rings. The molecule has 0 saturated carbocycles. The molecule has 0 radical (unpaired) electrons. The zero-order valence-electron chi connectivity index (χ0n) is 11.5. The third-order valence-electron chi connectivity index (χ3n) is 2.88. The second-order valence-electron chi connectivity index (χ2n) is 5.78. The molecule has 6 nitrogen and oxygen atoms in total. The topological polar surface area (TPSA) is 96.3 Å². The fourth-order valence-electron chi connectivity index (χ4n) is 1.94. The molecule has 1 saturated heterocycles. The highest BCUT2D eigenvalue weighted by molar-refractivity contribution is 7.91. The Morgan fingerprint density at radius 1 is 1.47 bits per heavy atom. The fraction of sp³-hybridized carbons (Fsp3) is 0.833. The summed E-state index contributed by atoms with van der Waals surface area (Å²) in [6, 6.07) is 2.01. The number of amides is 1. The Labute approximate surface area is 114 Å². The minimum Gasteiger partial charge on any atom is -0.444 e. The van der Waals surface area contributed by atoms with Gasteiger partial charge in [0.25, 0.3) is 0 Å². The van der Waals surface area contributed by atoms with Crippen LogP contribution in [0.5, 0.6) is 0 Å². The van der Waals surface area contributed by atoms with Crippen LogP contribution < -0.4 is 5.32 Å². The van der Waals surface area contributed by atoms with Crippen LogP contribution in [0, 0.1) is 23.2 Å². The third-order valence-corrected chi connectivity index (χ3v) is 4.60. The number of sulfone groups is 1. The van der Waals surface area contributed by atoms with Crippen molar-refractivity contribution in [2.75, 3.05) is 18.1 Å². The van der Waals surface area contributed by atoms with Crippen molar-refractivity contribution in [2.24, 2.45) is 11.8 Å². The molecule has 1 aliphatic heterocycles. The first-order valence-electron chi connectivity index (χ1n) is 6.20. The number of rotatable bonds is 2. The third kappa shape index (κ3) is 5.47. The number of ether oxygens (including phenoxy) is 1. The SMILES string of the molecule is CC(C)(C)OC(=O)NCC1CCS(=O)(=O)CC1C#N. The predicted octanol–water partition coefficient (Wildman–Crippen LogP) is 1.09. The molecule has 1 aliphatic rings. The second-order valence-corrected chi connectivity index (χ2v) is 8.01. The number of nitrogens with one attached hydrogen (secondary N) is 1. The maximum atomic E-state index is 11.5. The van der Waals surface area contributed by atoms with Crippen LogP contribution in [0.1, 0.15) is 27.2 Å². The summed E-state index contributed by atoms with van der Waals surface area (Å²) in [5.74, 6) is -0.745. The highest BCUT2D eigenvalue weighted by atomic mass is 32.2. The van der Waals surface area contributed by atoms with Crippen molar-refractivity contribution in [1.29, 1.82) is 5.26 Å². The van der Waals surface area contributed by atoms with E-state index in [-0.39, 0.29) is 24.0 Å². The monoisotopic (exact) mass is 288 g/mol. The van der Waals surface area contributed by atoms with Gasteiger partial charge in [-0.3, -0.25) is 0 Å². The lowest BCUT2D eigenvalue weighted by Crippen LogP contribution is -2.41. The minimum absolute atomic E-state index is 0.0752. The van der Waals surface area contributed by atoms with Crippen molar-refractivity contribution in [3.8, 4) is 6.07 Å². The molecule has 0 bridgehead atoms. The van der Waals surface area contributed by atoms with Gasteiger partial charge in [0.15, 0.2) is 9.84 Å². The Morgan fingerprint density at radius 2 is 2.11 bits per heavy atom. The summed E-state index contributed by atoms with van der Waals surface area (Å²) < 4.78 is 27.9. The molecule has 0 aromatic rings. The summed E-state index contributed by atoms with van der Waals surface area (Å²) in [4.78, 5) is 11.5. The standard InChI is InChI=1S/C12H20N2O4S/c1-12(2,3)18-11(15)14-7-9-4-5-19(16,17)8-10(9)6-13/h9-10H,4-5,7-8H2,1-3H3,(H,14,15). The van der Waals surface area contributed by atoms with E-state index in [1.807, 2.05) is 6.07 Å². The van der Waals surface area contributed by atoms with Crippen molar-refractivity contribution < 1.29 is 17.9 Å². The average molecular weight is 288 g/mol. The van der Waals surface area contributed by atoms with Crippen LogP contribution >= 0.6 is 0 Å². The first-order valence-corrected chi connectivity index (χ1v) is 8.02. The van der Waals surface area contributed by atoms with Crippen molar-refractivity contribution in [3.05, 3.63) is 0 Å². The number of hydrogen-bond donors (Lipinski definition) is 1. The fourth-order valence-corrected chi connectivity index (χ4v) is 3.66. The van der Waals surface area contributed by atoms with E-state index in [4.69, 9.17) is 10.00 Å². The van der Waals surface area contributed by atoms with Gasteiger partial charge in [0.2, 0.25) is 0 Å². The molecule has 2 atom stereocenters. The molecule has 1 N–H and O–H groups in total. The van der Waals surface area contributed by atoms with Gasteiger partial charge in [0, 0.05) is 6.54 Å². The molecular weight excluding hydrogens is 268 g/mol. The maximum Gasteiger partial charge on any atom is 0.407 e. The highest BCUT2D eigenvalue weighted by Crippen LogP contribution is 2.24. The summed E-state index contributed by atoms with van der Waals surface area (Å²) in [6.07, 6.45) is -0.145. The van der Waals surface area contributed by atoms with Gasteiger partial charge in [-0.15, -0.1) is 0 Å². The summed E-state index contributed by atoms with van der Waals surface area (Å²) in [6.45, 7) is 5.55. The van der Waals surface area contributed by atoms with Gasteiger partial charge in [-0.2, -0.15) is 5.26 Å². The Bertz CT molecular complexity index is 473. The van der Waals surface area contributed by atoms with E-state index in [1.165, 1.54) is 0 Å². The molecule has 0 spiro atoms. The molecule has 1 rings (SSSR count). The van der Waals surface area contributed by atoms with Crippen LogP contribution in [0.15, 0.2) is 0 Å². The zero-order chi connectivity index (χ0) is 14.7. The van der Waals surface area contributed by atoms with E-state index in [2.05, 4.69) is 5.32 Å². The normalized spacial score (nSPS) is 26.2. The lowest BCUT2D eigenvalue weighted by molar-refractivity contribution is 0.0515. The molecular formula is C12H20N2O4S. The van der Waals surface area contributed by atoms with E-state index in [0.717, 1.165) is 0 Å². The van der Waals surface area contributed by atoms with Crippen LogP contribution in [-0.4, -0.2) is 38.2 Å². The van der Waals surface area contributed by atoms with Crippen molar-refractivity contribution in [3.63, 3.8) is 0 Å². The molecule has 1 amide bonds. The van der Waals surface area contributed by atoms with Crippen LogP contribution in [0.3, 0.4) is 0 Å². The average Bonchev–Trinajstić information content (AvgIpc) is 2.24. The van der Waals surface area contributed by atoms with Gasteiger partial charge in [0.1, 0.15) is 5.60 Å². The van der Waals surface area contributed by atoms with Crippen molar-refractivity contribution in [2.45, 2.75) is 32.8 Å². The van der Waals surface area contributed by atoms with Crippen LogP contribution in [0.4, 0.5) is 4.79 Å². The van der Waals surface area contributed by atoms with E-state index >= 15 is 0 Å². The molecule has 2 unspecified atom stereocenters. The number of nitrogens with zero attached hydrogens (tertiary/aromatic N) is 1. The summed E-state index contributed by atoms with van der Waals surface area (Å²) >= 11 is 0. The molecule has 0 aliphatic carbocycles. The molecule has 0 aromatic carbocycles. The van der Waals surface area contributed by atoms with Gasteiger partial charge in [-0.1, -0.05) is 0 Å². The lowest BCUT2D eigenvalue weighted by atomic mass is 9.92. The van der Waals surface area contributed by atoms with Gasteiger partial charge in [0.05, 0.1) is 23.5 Å². The smallest absolute Gasteiger partial charge is 0.407 e. The van der Waals surface area contributed by atoms with Crippen molar-refractivity contribution >= 4 is 15.9 Å². The Hall–Kier alpha value is -1.29. The van der Waals surface area contributed by atoms with Gasteiger partial charge in [-0.05, 0) is 33.1 Å². The van der Waals surface area contributed by atoms with E-state index in [1.54, 1.807) is 20.8 Å². The molecule has 108 valence electrons. The van der Waals surface area contributed by atoms with E-state index in [0.29, 0.717) is 6.42 Å². The number of carbonyl (C=O) groups excluding carboxylic acids is 1. The Morgan fingerprint density at radius 3 is 2.63 bits per heavy atom. The molecule has 19 heavy (non-hydrogen) atoms. The van der Waals surface area contributed by atoms with Gasteiger partial charge >= 0.3 is 6.09 Å². The van der Waals surface area contributed by atoms with Crippen molar-refractivity contribution in [1.82, 2.24) is 5.32 Å². The van der Waals surface area contributed by atoms with Crippen LogP contribution in [0.25, 0.3) is 0 Å². The largest absolute Gasteiger partial charge is 0.444 e. The molecule has 7 heteroatoms. The summed E-state index contributed by atoms with van der Waals surface area (Å²) in [7, 11) is -3.11. The number of hydrogen-bond acceptors (Lipinski definition) is 5. The number of alkyl carbamates (subject to hydrolysis) is 1. The first kappa shape index (κ1) is 15.8. The van der Waals surface area contributed by atoms with Crippen LogP contribution in [-0.2, 0) is 14.6 Å². The van der Waals surface area contributed by atoms with Crippen LogP contribution in [0.2, 0.25) is 0 Å².